The SMILES string of the molecule is CC(NC(=O)C1Cc2ccccc2CN1)c1c(F)cccc1F.Cl. The standard InChI is InChI=1S/C18H18F2N2O.ClH/c1-11(17-14(19)7-4-8-15(17)20)22-18(23)16-9-12-5-2-3-6-13(12)10-21-16;/h2-8,11,16,21H,9-10H2,1H3,(H,22,23);1H. The van der Waals surface area contributed by atoms with Crippen LogP contribution in [0.25, 0.3) is 0 Å². The molecule has 2 unspecified atom stereocenters. The van der Waals surface area contributed by atoms with Gasteiger partial charge >= 0.3 is 0 Å². The molecule has 0 saturated heterocycles. The summed E-state index contributed by atoms with van der Waals surface area (Å²) in [5, 5.41) is 5.86. The summed E-state index contributed by atoms with van der Waals surface area (Å²) in [6.45, 7) is 2.19. The molecule has 0 fully saturated rings. The molecule has 0 spiro atoms. The van der Waals surface area contributed by atoms with Gasteiger partial charge in [-0.2, -0.15) is 0 Å². The summed E-state index contributed by atoms with van der Waals surface area (Å²) in [5.74, 6) is -1.56. The summed E-state index contributed by atoms with van der Waals surface area (Å²) in [7, 11) is 0. The van der Waals surface area contributed by atoms with Crippen LogP contribution in [0.2, 0.25) is 0 Å². The third kappa shape index (κ3) is 3.74. The van der Waals surface area contributed by atoms with Crippen molar-refractivity contribution < 1.29 is 13.6 Å². The van der Waals surface area contributed by atoms with E-state index in [0.717, 1.165) is 5.56 Å². The molecule has 2 N–H and O–H groups in total. The van der Waals surface area contributed by atoms with E-state index in [4.69, 9.17) is 0 Å². The highest BCUT2D eigenvalue weighted by Gasteiger charge is 2.26. The molecule has 3 nitrogen and oxygen atoms in total. The number of rotatable bonds is 3. The number of nitrogens with one attached hydrogen (secondary N) is 2. The first kappa shape index (κ1) is 18.4. The Bertz CT molecular complexity index is 718. The third-order valence-electron chi connectivity index (χ3n) is 4.19. The van der Waals surface area contributed by atoms with E-state index in [9.17, 15) is 13.6 Å². The molecule has 1 heterocycles. The zero-order chi connectivity index (χ0) is 16.4. The van der Waals surface area contributed by atoms with E-state index in [2.05, 4.69) is 10.6 Å². The molecule has 0 aromatic heterocycles. The second kappa shape index (κ2) is 7.73. The quantitative estimate of drug-likeness (QED) is 0.890. The molecule has 1 amide bonds. The first-order chi connectivity index (χ1) is 11.1. The van der Waals surface area contributed by atoms with E-state index in [1.807, 2.05) is 24.3 Å². The van der Waals surface area contributed by atoms with Gasteiger partial charge in [-0.25, -0.2) is 8.78 Å². The summed E-state index contributed by atoms with van der Waals surface area (Å²) in [4.78, 5) is 12.4. The smallest absolute Gasteiger partial charge is 0.237 e. The number of hydrogen-bond donors (Lipinski definition) is 2. The van der Waals surface area contributed by atoms with E-state index in [-0.39, 0.29) is 23.9 Å². The lowest BCUT2D eigenvalue weighted by atomic mass is 9.95. The Kier molecular flexibility index (Phi) is 5.91. The fraction of sp³-hybridized carbons (Fsp3) is 0.278. The van der Waals surface area contributed by atoms with Gasteiger partial charge in [-0.05, 0) is 36.6 Å². The average molecular weight is 353 g/mol. The van der Waals surface area contributed by atoms with Crippen LogP contribution >= 0.6 is 12.4 Å². The van der Waals surface area contributed by atoms with Gasteiger partial charge in [0.25, 0.3) is 0 Å². The molecule has 1 aliphatic heterocycles. The predicted octanol–water partition coefficient (Wildman–Crippen LogP) is 3.28. The number of benzene rings is 2. The highest BCUT2D eigenvalue weighted by molar-refractivity contribution is 5.85. The van der Waals surface area contributed by atoms with Crippen molar-refractivity contribution in [1.82, 2.24) is 10.6 Å². The van der Waals surface area contributed by atoms with Crippen molar-refractivity contribution in [2.45, 2.75) is 32.0 Å². The molecule has 0 aliphatic carbocycles. The summed E-state index contributed by atoms with van der Waals surface area (Å²) < 4.78 is 27.6. The first-order valence-electron chi connectivity index (χ1n) is 7.60. The van der Waals surface area contributed by atoms with Crippen LogP contribution in [0, 0.1) is 11.6 Å². The van der Waals surface area contributed by atoms with Crippen molar-refractivity contribution in [3.63, 3.8) is 0 Å². The van der Waals surface area contributed by atoms with Gasteiger partial charge in [0.15, 0.2) is 0 Å². The highest BCUT2D eigenvalue weighted by Crippen LogP contribution is 2.21. The van der Waals surface area contributed by atoms with Crippen molar-refractivity contribution in [2.24, 2.45) is 0 Å². The van der Waals surface area contributed by atoms with Gasteiger partial charge in [0.05, 0.1) is 12.1 Å². The van der Waals surface area contributed by atoms with Crippen molar-refractivity contribution in [1.29, 1.82) is 0 Å². The van der Waals surface area contributed by atoms with E-state index < -0.39 is 23.7 Å². The topological polar surface area (TPSA) is 41.1 Å². The zero-order valence-corrected chi connectivity index (χ0v) is 14.0. The van der Waals surface area contributed by atoms with E-state index in [1.165, 1.54) is 23.8 Å². The van der Waals surface area contributed by atoms with Gasteiger partial charge in [0, 0.05) is 12.1 Å². The minimum atomic E-state index is -0.734. The Labute approximate surface area is 145 Å². The molecule has 3 rings (SSSR count). The molecule has 24 heavy (non-hydrogen) atoms. The molecule has 6 heteroatoms. The maximum absolute atomic E-state index is 13.8. The largest absolute Gasteiger partial charge is 0.348 e. The van der Waals surface area contributed by atoms with Crippen LogP contribution in [0.1, 0.15) is 29.7 Å². The summed E-state index contributed by atoms with van der Waals surface area (Å²) >= 11 is 0. The molecule has 0 bridgehead atoms. The second-order valence-corrected chi connectivity index (χ2v) is 5.77. The normalized spacial score (nSPS) is 17.4. The number of fused-ring (bicyclic) bond motifs is 1. The van der Waals surface area contributed by atoms with Crippen molar-refractivity contribution in [3.05, 3.63) is 70.8 Å². The average Bonchev–Trinajstić information content (AvgIpc) is 2.54. The molecule has 0 saturated carbocycles. The lowest BCUT2D eigenvalue weighted by Gasteiger charge is -2.27. The molecular formula is C18H19ClF2N2O. The maximum atomic E-state index is 13.8. The van der Waals surface area contributed by atoms with Crippen molar-refractivity contribution in [3.8, 4) is 0 Å². The number of carbonyl (C=O) groups is 1. The van der Waals surface area contributed by atoms with Gasteiger partial charge in [0.1, 0.15) is 11.6 Å². The Balaban J connectivity index is 0.00000208. The molecule has 1 aliphatic rings. The molecule has 2 aromatic carbocycles. The minimum Gasteiger partial charge on any atom is -0.348 e. The van der Waals surface area contributed by atoms with Crippen LogP contribution in [-0.2, 0) is 17.8 Å². The molecule has 2 atom stereocenters. The van der Waals surface area contributed by atoms with Crippen LogP contribution in [0.5, 0.6) is 0 Å². The van der Waals surface area contributed by atoms with Crippen LogP contribution in [0.3, 0.4) is 0 Å². The van der Waals surface area contributed by atoms with E-state index in [0.29, 0.717) is 13.0 Å². The molecule has 0 radical (unpaired) electrons. The summed E-state index contributed by atoms with van der Waals surface area (Å²) in [6.07, 6.45) is 0.564. The van der Waals surface area contributed by atoms with Gasteiger partial charge < -0.3 is 10.6 Å². The molecule has 128 valence electrons. The van der Waals surface area contributed by atoms with Gasteiger partial charge in [0.2, 0.25) is 5.91 Å². The number of amides is 1. The van der Waals surface area contributed by atoms with Gasteiger partial charge in [-0.15, -0.1) is 12.4 Å². The summed E-state index contributed by atoms with van der Waals surface area (Å²) in [5.41, 5.74) is 2.18. The fourth-order valence-corrected chi connectivity index (χ4v) is 2.95. The molecular weight excluding hydrogens is 334 g/mol. The number of halogens is 3. The molecule has 2 aromatic rings. The maximum Gasteiger partial charge on any atom is 0.237 e. The fourth-order valence-electron chi connectivity index (χ4n) is 2.95. The first-order valence-corrected chi connectivity index (χ1v) is 7.60. The van der Waals surface area contributed by atoms with Crippen molar-refractivity contribution in [2.75, 3.05) is 0 Å². The Morgan fingerprint density at radius 3 is 2.42 bits per heavy atom. The Morgan fingerprint density at radius 1 is 1.12 bits per heavy atom. The monoisotopic (exact) mass is 352 g/mol. The van der Waals surface area contributed by atoms with Crippen LogP contribution in [-0.4, -0.2) is 11.9 Å². The van der Waals surface area contributed by atoms with Crippen molar-refractivity contribution >= 4 is 18.3 Å². The lowest BCUT2D eigenvalue weighted by molar-refractivity contribution is -0.124. The van der Waals surface area contributed by atoms with E-state index >= 15 is 0 Å². The Hall–Kier alpha value is -1.98. The van der Waals surface area contributed by atoms with Crippen LogP contribution in [0.15, 0.2) is 42.5 Å². The highest BCUT2D eigenvalue weighted by atomic mass is 35.5. The predicted molar refractivity (Wildman–Crippen MR) is 90.9 cm³/mol. The number of hydrogen-bond acceptors (Lipinski definition) is 2. The third-order valence-corrected chi connectivity index (χ3v) is 4.19. The van der Waals surface area contributed by atoms with E-state index in [1.54, 1.807) is 6.92 Å². The zero-order valence-electron chi connectivity index (χ0n) is 13.2. The number of carbonyl (C=O) groups excluding carboxylic acids is 1. The van der Waals surface area contributed by atoms with Crippen LogP contribution < -0.4 is 10.6 Å². The lowest BCUT2D eigenvalue weighted by Crippen LogP contribution is -2.48. The van der Waals surface area contributed by atoms with Crippen LogP contribution in [0.4, 0.5) is 8.78 Å². The minimum absolute atomic E-state index is 0. The van der Waals surface area contributed by atoms with Gasteiger partial charge in [-0.1, -0.05) is 30.3 Å². The summed E-state index contributed by atoms with van der Waals surface area (Å²) in [6, 6.07) is 10.5. The second-order valence-electron chi connectivity index (χ2n) is 5.77. The van der Waals surface area contributed by atoms with Gasteiger partial charge in [-0.3, -0.25) is 4.79 Å². The Morgan fingerprint density at radius 2 is 1.75 bits per heavy atom.